The lowest BCUT2D eigenvalue weighted by Gasteiger charge is -2.21. The fourth-order valence-corrected chi connectivity index (χ4v) is 2.49. The number of halogens is 1. The maximum Gasteiger partial charge on any atom is 0.156 e. The standard InChI is InChI=1S/C16H26BrNO/c1-5-6-7-8-9-19-15-13(17)10-12(11-14(15)18)16(2,3)4/h10-11H,5-9,18H2,1-4H3. The van der Waals surface area contributed by atoms with Gasteiger partial charge in [0.25, 0.3) is 0 Å². The van der Waals surface area contributed by atoms with E-state index in [-0.39, 0.29) is 5.41 Å². The lowest BCUT2D eigenvalue weighted by molar-refractivity contribution is 0.304. The topological polar surface area (TPSA) is 35.2 Å². The van der Waals surface area contributed by atoms with Crippen molar-refractivity contribution < 1.29 is 4.74 Å². The molecule has 0 spiro atoms. The highest BCUT2D eigenvalue weighted by molar-refractivity contribution is 9.10. The highest BCUT2D eigenvalue weighted by atomic mass is 79.9. The van der Waals surface area contributed by atoms with E-state index < -0.39 is 0 Å². The Morgan fingerprint density at radius 2 is 1.84 bits per heavy atom. The van der Waals surface area contributed by atoms with Crippen LogP contribution in [-0.2, 0) is 5.41 Å². The van der Waals surface area contributed by atoms with E-state index >= 15 is 0 Å². The third-order valence-electron chi connectivity index (χ3n) is 3.18. The molecule has 0 saturated heterocycles. The van der Waals surface area contributed by atoms with Crippen LogP contribution in [-0.4, -0.2) is 6.61 Å². The minimum absolute atomic E-state index is 0.0935. The van der Waals surface area contributed by atoms with Crippen LogP contribution in [0.3, 0.4) is 0 Å². The fraction of sp³-hybridized carbons (Fsp3) is 0.625. The quantitative estimate of drug-likeness (QED) is 0.569. The number of nitrogens with two attached hydrogens (primary N) is 1. The van der Waals surface area contributed by atoms with Crippen LogP contribution in [0, 0.1) is 0 Å². The lowest BCUT2D eigenvalue weighted by atomic mass is 9.87. The zero-order valence-electron chi connectivity index (χ0n) is 12.6. The molecule has 0 saturated carbocycles. The van der Waals surface area contributed by atoms with E-state index in [1.807, 2.05) is 6.07 Å². The zero-order chi connectivity index (χ0) is 14.5. The van der Waals surface area contributed by atoms with Gasteiger partial charge in [-0.1, -0.05) is 47.0 Å². The second-order valence-corrected chi connectivity index (χ2v) is 6.89. The Balaban J connectivity index is 2.70. The largest absolute Gasteiger partial charge is 0.490 e. The van der Waals surface area contributed by atoms with Crippen molar-refractivity contribution in [2.75, 3.05) is 12.3 Å². The van der Waals surface area contributed by atoms with Gasteiger partial charge in [-0.3, -0.25) is 0 Å². The average molecular weight is 328 g/mol. The molecule has 0 aliphatic heterocycles. The molecule has 3 heteroatoms. The van der Waals surface area contributed by atoms with Gasteiger partial charge in [-0.25, -0.2) is 0 Å². The molecule has 1 aromatic rings. The summed E-state index contributed by atoms with van der Waals surface area (Å²) in [4.78, 5) is 0. The van der Waals surface area contributed by atoms with Gasteiger partial charge >= 0.3 is 0 Å². The second kappa shape index (κ2) is 7.18. The van der Waals surface area contributed by atoms with Crippen molar-refractivity contribution in [1.29, 1.82) is 0 Å². The Morgan fingerprint density at radius 1 is 1.16 bits per heavy atom. The maximum atomic E-state index is 6.10. The maximum absolute atomic E-state index is 6.10. The molecule has 0 atom stereocenters. The van der Waals surface area contributed by atoms with E-state index in [9.17, 15) is 0 Å². The Kier molecular flexibility index (Phi) is 6.18. The number of anilines is 1. The molecule has 0 amide bonds. The molecule has 19 heavy (non-hydrogen) atoms. The van der Waals surface area contributed by atoms with Gasteiger partial charge in [-0.2, -0.15) is 0 Å². The molecule has 0 radical (unpaired) electrons. The predicted octanol–water partition coefficient (Wildman–Crippen LogP) is 5.29. The number of nitrogen functional groups attached to an aromatic ring is 1. The molecule has 0 bridgehead atoms. The van der Waals surface area contributed by atoms with Gasteiger partial charge in [0.1, 0.15) is 0 Å². The summed E-state index contributed by atoms with van der Waals surface area (Å²) in [5.41, 5.74) is 8.13. The number of unbranched alkanes of at least 4 members (excludes halogenated alkanes) is 3. The fourth-order valence-electron chi connectivity index (χ4n) is 1.90. The van der Waals surface area contributed by atoms with Gasteiger partial charge in [0.2, 0.25) is 0 Å². The summed E-state index contributed by atoms with van der Waals surface area (Å²) in [5.74, 6) is 0.782. The van der Waals surface area contributed by atoms with Gasteiger partial charge in [0.05, 0.1) is 16.8 Å². The van der Waals surface area contributed by atoms with Crippen molar-refractivity contribution in [3.05, 3.63) is 22.2 Å². The van der Waals surface area contributed by atoms with E-state index in [2.05, 4.69) is 49.7 Å². The smallest absolute Gasteiger partial charge is 0.156 e. The number of ether oxygens (including phenoxy) is 1. The molecule has 2 nitrogen and oxygen atoms in total. The monoisotopic (exact) mass is 327 g/mol. The van der Waals surface area contributed by atoms with Gasteiger partial charge in [0.15, 0.2) is 5.75 Å². The summed E-state index contributed by atoms with van der Waals surface area (Å²) < 4.78 is 6.76. The van der Waals surface area contributed by atoms with Crippen molar-refractivity contribution in [2.45, 2.75) is 58.8 Å². The molecule has 0 unspecified atom stereocenters. The summed E-state index contributed by atoms with van der Waals surface area (Å²) in [6.07, 6.45) is 4.81. The predicted molar refractivity (Wildman–Crippen MR) is 86.9 cm³/mol. The first-order chi connectivity index (χ1) is 8.86. The number of benzene rings is 1. The van der Waals surface area contributed by atoms with E-state index in [0.717, 1.165) is 28.9 Å². The minimum Gasteiger partial charge on any atom is -0.490 e. The third-order valence-corrected chi connectivity index (χ3v) is 3.77. The molecule has 0 aliphatic rings. The molecule has 2 N–H and O–H groups in total. The van der Waals surface area contributed by atoms with Crippen LogP contribution in [0.25, 0.3) is 0 Å². The third kappa shape index (κ3) is 5.06. The Labute approximate surface area is 125 Å². The van der Waals surface area contributed by atoms with Crippen LogP contribution in [0.2, 0.25) is 0 Å². The van der Waals surface area contributed by atoms with E-state index in [4.69, 9.17) is 10.5 Å². The van der Waals surface area contributed by atoms with Crippen LogP contribution in [0.15, 0.2) is 16.6 Å². The summed E-state index contributed by atoms with van der Waals surface area (Å²) in [6.45, 7) is 9.48. The first kappa shape index (κ1) is 16.4. The molecule has 0 aromatic heterocycles. The van der Waals surface area contributed by atoms with Crippen LogP contribution >= 0.6 is 15.9 Å². The van der Waals surface area contributed by atoms with E-state index in [1.54, 1.807) is 0 Å². The van der Waals surface area contributed by atoms with Crippen LogP contribution in [0.4, 0.5) is 5.69 Å². The van der Waals surface area contributed by atoms with Crippen LogP contribution < -0.4 is 10.5 Å². The normalized spacial score (nSPS) is 11.6. The minimum atomic E-state index is 0.0935. The molecule has 1 rings (SSSR count). The molecule has 0 aliphatic carbocycles. The molecular weight excluding hydrogens is 302 g/mol. The molecule has 0 heterocycles. The van der Waals surface area contributed by atoms with Crippen molar-refractivity contribution in [3.63, 3.8) is 0 Å². The molecule has 1 aromatic carbocycles. The van der Waals surface area contributed by atoms with Crippen LogP contribution in [0.5, 0.6) is 5.75 Å². The van der Waals surface area contributed by atoms with E-state index in [1.165, 1.54) is 24.8 Å². The van der Waals surface area contributed by atoms with E-state index in [0.29, 0.717) is 0 Å². The highest BCUT2D eigenvalue weighted by Crippen LogP contribution is 2.36. The SMILES string of the molecule is CCCCCCOc1c(N)cc(C(C)(C)C)cc1Br. The summed E-state index contributed by atoms with van der Waals surface area (Å²) >= 11 is 3.57. The molecular formula is C16H26BrNO. The Hall–Kier alpha value is -0.700. The summed E-state index contributed by atoms with van der Waals surface area (Å²) in [5, 5.41) is 0. The first-order valence-electron chi connectivity index (χ1n) is 7.08. The van der Waals surface area contributed by atoms with Crippen molar-refractivity contribution in [1.82, 2.24) is 0 Å². The van der Waals surface area contributed by atoms with Crippen molar-refractivity contribution in [3.8, 4) is 5.75 Å². The van der Waals surface area contributed by atoms with Gasteiger partial charge in [-0.15, -0.1) is 0 Å². The summed E-state index contributed by atoms with van der Waals surface area (Å²) in [6, 6.07) is 4.13. The van der Waals surface area contributed by atoms with Gasteiger partial charge in [-0.05, 0) is 45.5 Å². The van der Waals surface area contributed by atoms with Crippen molar-refractivity contribution >= 4 is 21.6 Å². The Bertz CT molecular complexity index is 387. The second-order valence-electron chi connectivity index (χ2n) is 6.04. The summed E-state index contributed by atoms with van der Waals surface area (Å²) in [7, 11) is 0. The number of rotatable bonds is 6. The number of hydrogen-bond donors (Lipinski definition) is 1. The lowest BCUT2D eigenvalue weighted by Crippen LogP contribution is -2.12. The molecule has 108 valence electrons. The average Bonchev–Trinajstić information content (AvgIpc) is 2.30. The van der Waals surface area contributed by atoms with Crippen LogP contribution in [0.1, 0.15) is 58.9 Å². The van der Waals surface area contributed by atoms with Crippen molar-refractivity contribution in [2.24, 2.45) is 0 Å². The Morgan fingerprint density at radius 3 is 2.37 bits per heavy atom. The van der Waals surface area contributed by atoms with Gasteiger partial charge < -0.3 is 10.5 Å². The number of hydrogen-bond acceptors (Lipinski definition) is 2. The van der Waals surface area contributed by atoms with Gasteiger partial charge in [0, 0.05) is 0 Å². The zero-order valence-corrected chi connectivity index (χ0v) is 14.1. The molecule has 0 fully saturated rings. The highest BCUT2D eigenvalue weighted by Gasteiger charge is 2.17. The first-order valence-corrected chi connectivity index (χ1v) is 7.88.